The minimum absolute atomic E-state index is 0.126. The van der Waals surface area contributed by atoms with Crippen molar-refractivity contribution in [3.05, 3.63) is 41.6 Å². The van der Waals surface area contributed by atoms with Gasteiger partial charge in [0.2, 0.25) is 0 Å². The lowest BCUT2D eigenvalue weighted by atomic mass is 9.48. The second kappa shape index (κ2) is 7.36. The molecule has 4 aliphatic carbocycles. The van der Waals surface area contributed by atoms with E-state index in [0.717, 1.165) is 34.4 Å². The number of para-hydroxylation sites is 1. The number of rotatable bonds is 5. The number of hydrogen-bond donors (Lipinski definition) is 1. The molecule has 4 fully saturated rings. The zero-order valence-corrected chi connectivity index (χ0v) is 17.8. The van der Waals surface area contributed by atoms with Crippen LogP contribution >= 0.6 is 0 Å². The normalized spacial score (nSPS) is 30.3. The molecule has 5 heteroatoms. The number of benzene rings is 1. The average molecular weight is 407 g/mol. The van der Waals surface area contributed by atoms with Gasteiger partial charge in [-0.15, -0.1) is 0 Å². The standard InChI is InChI=1S/C25H30N2O3/c1-15-7-21(20-5-3-4-6-22(20)26-15)24(29)30-14-23(28)27-16(2)25-11-17-8-18(12-25)10-19(9-17)13-25/h3-7,16-19H,8-14H2,1-2H3,(H,27,28)/t16-,17?,18?,19?,25?/m1/s1. The van der Waals surface area contributed by atoms with Crippen LogP contribution in [0.4, 0.5) is 0 Å². The first-order valence-electron chi connectivity index (χ1n) is 11.2. The zero-order chi connectivity index (χ0) is 20.9. The number of pyridine rings is 1. The summed E-state index contributed by atoms with van der Waals surface area (Å²) in [5.41, 5.74) is 2.21. The molecule has 4 saturated carbocycles. The number of fused-ring (bicyclic) bond motifs is 1. The Bertz CT molecular complexity index is 964. The first kappa shape index (κ1) is 19.5. The van der Waals surface area contributed by atoms with E-state index in [9.17, 15) is 9.59 Å². The Hall–Kier alpha value is -2.43. The highest BCUT2D eigenvalue weighted by molar-refractivity contribution is 6.04. The second-order valence-electron chi connectivity index (χ2n) is 9.97. The molecule has 4 bridgehead atoms. The van der Waals surface area contributed by atoms with Crippen LogP contribution in [0.3, 0.4) is 0 Å². The summed E-state index contributed by atoms with van der Waals surface area (Å²) in [5.74, 6) is 1.85. The molecule has 6 rings (SSSR count). The van der Waals surface area contributed by atoms with Crippen LogP contribution in [0.15, 0.2) is 30.3 Å². The van der Waals surface area contributed by atoms with Crippen molar-refractivity contribution >= 4 is 22.8 Å². The van der Waals surface area contributed by atoms with Crippen molar-refractivity contribution in [2.24, 2.45) is 23.2 Å². The predicted octanol–water partition coefficient (Wildman–Crippen LogP) is 4.42. The SMILES string of the molecule is Cc1cc(C(=O)OCC(=O)N[C@H](C)C23CC4CC(CC(C4)C2)C3)c2ccccc2n1. The van der Waals surface area contributed by atoms with Crippen molar-refractivity contribution in [1.82, 2.24) is 10.3 Å². The molecule has 158 valence electrons. The van der Waals surface area contributed by atoms with Crippen molar-refractivity contribution < 1.29 is 14.3 Å². The summed E-state index contributed by atoms with van der Waals surface area (Å²) in [6, 6.07) is 9.34. The number of esters is 1. The smallest absolute Gasteiger partial charge is 0.339 e. The number of hydrogen-bond acceptors (Lipinski definition) is 4. The van der Waals surface area contributed by atoms with Crippen LogP contribution in [0.1, 0.15) is 61.5 Å². The Kier molecular flexibility index (Phi) is 4.79. The van der Waals surface area contributed by atoms with E-state index in [1.807, 2.05) is 31.2 Å². The highest BCUT2D eigenvalue weighted by atomic mass is 16.5. The molecule has 1 heterocycles. The molecule has 1 aromatic heterocycles. The third-order valence-electron chi connectivity index (χ3n) is 7.78. The largest absolute Gasteiger partial charge is 0.452 e. The fourth-order valence-corrected chi connectivity index (χ4v) is 6.83. The maximum atomic E-state index is 12.7. The Morgan fingerprint density at radius 3 is 2.43 bits per heavy atom. The van der Waals surface area contributed by atoms with Crippen molar-refractivity contribution in [2.75, 3.05) is 6.61 Å². The van der Waals surface area contributed by atoms with E-state index in [4.69, 9.17) is 4.74 Å². The molecule has 5 nitrogen and oxygen atoms in total. The number of ether oxygens (including phenoxy) is 1. The van der Waals surface area contributed by atoms with Crippen LogP contribution < -0.4 is 5.32 Å². The van der Waals surface area contributed by atoms with Crippen molar-refractivity contribution in [1.29, 1.82) is 0 Å². The highest BCUT2D eigenvalue weighted by Gasteiger charge is 2.53. The molecular weight excluding hydrogens is 376 g/mol. The van der Waals surface area contributed by atoms with E-state index < -0.39 is 5.97 Å². The minimum Gasteiger partial charge on any atom is -0.452 e. The number of nitrogens with one attached hydrogen (secondary N) is 1. The topological polar surface area (TPSA) is 68.3 Å². The first-order chi connectivity index (χ1) is 14.4. The van der Waals surface area contributed by atoms with Gasteiger partial charge >= 0.3 is 5.97 Å². The van der Waals surface area contributed by atoms with Gasteiger partial charge in [0.05, 0.1) is 11.1 Å². The van der Waals surface area contributed by atoms with Gasteiger partial charge in [0.1, 0.15) is 0 Å². The van der Waals surface area contributed by atoms with Gasteiger partial charge in [-0.3, -0.25) is 9.78 Å². The van der Waals surface area contributed by atoms with Gasteiger partial charge in [-0.05, 0) is 87.7 Å². The summed E-state index contributed by atoms with van der Waals surface area (Å²) >= 11 is 0. The lowest BCUT2D eigenvalue weighted by Gasteiger charge is -2.59. The molecule has 0 spiro atoms. The van der Waals surface area contributed by atoms with Crippen molar-refractivity contribution in [2.45, 2.75) is 58.4 Å². The average Bonchev–Trinajstić information content (AvgIpc) is 2.70. The highest BCUT2D eigenvalue weighted by Crippen LogP contribution is 2.61. The quantitative estimate of drug-likeness (QED) is 0.747. The van der Waals surface area contributed by atoms with E-state index in [1.54, 1.807) is 6.07 Å². The fourth-order valence-electron chi connectivity index (χ4n) is 6.83. The molecule has 1 amide bonds. The second-order valence-corrected chi connectivity index (χ2v) is 9.97. The first-order valence-corrected chi connectivity index (χ1v) is 11.2. The third-order valence-corrected chi connectivity index (χ3v) is 7.78. The Labute approximate surface area is 177 Å². The summed E-state index contributed by atoms with van der Waals surface area (Å²) in [4.78, 5) is 29.8. The molecule has 2 aromatic rings. The van der Waals surface area contributed by atoms with Crippen LogP contribution in [0.5, 0.6) is 0 Å². The van der Waals surface area contributed by atoms with Crippen LogP contribution in [0.2, 0.25) is 0 Å². The van der Waals surface area contributed by atoms with Crippen LogP contribution in [-0.2, 0) is 9.53 Å². The molecule has 0 radical (unpaired) electrons. The van der Waals surface area contributed by atoms with Gasteiger partial charge < -0.3 is 10.1 Å². The van der Waals surface area contributed by atoms with Gasteiger partial charge in [0.15, 0.2) is 6.61 Å². The van der Waals surface area contributed by atoms with E-state index in [-0.39, 0.29) is 24.0 Å². The monoisotopic (exact) mass is 406 g/mol. The Morgan fingerprint density at radius 1 is 1.13 bits per heavy atom. The van der Waals surface area contributed by atoms with Crippen LogP contribution in [0.25, 0.3) is 10.9 Å². The lowest BCUT2D eigenvalue weighted by molar-refractivity contribution is -0.128. The maximum absolute atomic E-state index is 12.7. The molecule has 4 aliphatic rings. The Balaban J connectivity index is 1.22. The van der Waals surface area contributed by atoms with Gasteiger partial charge in [-0.1, -0.05) is 18.2 Å². The third kappa shape index (κ3) is 3.48. The molecule has 0 saturated heterocycles. The van der Waals surface area contributed by atoms with Crippen LogP contribution in [-0.4, -0.2) is 29.5 Å². The van der Waals surface area contributed by atoms with E-state index >= 15 is 0 Å². The van der Waals surface area contributed by atoms with E-state index in [0.29, 0.717) is 5.56 Å². The molecule has 30 heavy (non-hydrogen) atoms. The molecule has 1 atom stereocenters. The Morgan fingerprint density at radius 2 is 1.77 bits per heavy atom. The number of aromatic nitrogens is 1. The molecule has 1 N–H and O–H groups in total. The molecule has 0 aliphatic heterocycles. The fraction of sp³-hybridized carbons (Fsp3) is 0.560. The predicted molar refractivity (Wildman–Crippen MR) is 115 cm³/mol. The zero-order valence-electron chi connectivity index (χ0n) is 17.8. The summed E-state index contributed by atoms with van der Waals surface area (Å²) < 4.78 is 5.39. The lowest BCUT2D eigenvalue weighted by Crippen LogP contribution is -2.56. The van der Waals surface area contributed by atoms with Crippen molar-refractivity contribution in [3.8, 4) is 0 Å². The maximum Gasteiger partial charge on any atom is 0.339 e. The number of carbonyl (C=O) groups is 2. The molecular formula is C25H30N2O3. The van der Waals surface area contributed by atoms with Crippen molar-refractivity contribution in [3.63, 3.8) is 0 Å². The number of amides is 1. The van der Waals surface area contributed by atoms with E-state index in [2.05, 4.69) is 17.2 Å². The van der Waals surface area contributed by atoms with Gasteiger partial charge in [0, 0.05) is 17.1 Å². The number of carbonyl (C=O) groups excluding carboxylic acids is 2. The molecule has 1 aromatic carbocycles. The summed E-state index contributed by atoms with van der Waals surface area (Å²) in [7, 11) is 0. The summed E-state index contributed by atoms with van der Waals surface area (Å²) in [6.45, 7) is 3.75. The summed E-state index contributed by atoms with van der Waals surface area (Å²) in [5, 5.41) is 3.91. The van der Waals surface area contributed by atoms with Gasteiger partial charge in [-0.25, -0.2) is 4.79 Å². The number of aryl methyl sites for hydroxylation is 1. The van der Waals surface area contributed by atoms with E-state index in [1.165, 1.54) is 38.5 Å². The van der Waals surface area contributed by atoms with Gasteiger partial charge in [0.25, 0.3) is 5.91 Å². The summed E-state index contributed by atoms with van der Waals surface area (Å²) in [6.07, 6.45) is 7.87. The molecule has 0 unspecified atom stereocenters. The number of nitrogens with zero attached hydrogens (tertiary/aromatic N) is 1. The van der Waals surface area contributed by atoms with Gasteiger partial charge in [-0.2, -0.15) is 0 Å². The minimum atomic E-state index is -0.477. The van der Waals surface area contributed by atoms with Crippen LogP contribution in [0, 0.1) is 30.1 Å².